The first-order valence-corrected chi connectivity index (χ1v) is 4.52. The average Bonchev–Trinajstić information content (AvgIpc) is 2.06. The molecule has 0 fully saturated rings. The molecule has 1 N–H and O–H groups in total. The van der Waals surface area contributed by atoms with Crippen molar-refractivity contribution in [1.29, 1.82) is 0 Å². The number of halogens is 1. The highest BCUT2D eigenvalue weighted by Crippen LogP contribution is 2.06. The van der Waals surface area contributed by atoms with E-state index < -0.39 is 5.97 Å². The Morgan fingerprint density at radius 3 is 2.07 bits per heavy atom. The maximum absolute atomic E-state index is 10.4. The zero-order valence-corrected chi connectivity index (χ0v) is 9.75. The Labute approximate surface area is 96.1 Å². The second-order valence-electron chi connectivity index (χ2n) is 3.62. The van der Waals surface area contributed by atoms with E-state index in [0.717, 1.165) is 12.1 Å². The average molecular weight is 230 g/mol. The van der Waals surface area contributed by atoms with Crippen LogP contribution in [0.4, 0.5) is 0 Å². The van der Waals surface area contributed by atoms with Crippen molar-refractivity contribution < 1.29 is 9.90 Å². The van der Waals surface area contributed by atoms with Gasteiger partial charge in [-0.05, 0) is 25.2 Å². The number of nitrogens with zero attached hydrogens (tertiary/aromatic N) is 1. The molecule has 1 aromatic carbocycles. The van der Waals surface area contributed by atoms with Crippen LogP contribution in [0.5, 0.6) is 0 Å². The third-order valence-corrected chi connectivity index (χ3v) is 1.88. The van der Waals surface area contributed by atoms with Gasteiger partial charge < -0.3 is 10.0 Å². The van der Waals surface area contributed by atoms with Gasteiger partial charge in [0.1, 0.15) is 0 Å². The second kappa shape index (κ2) is 6.43. The Morgan fingerprint density at radius 1 is 1.20 bits per heavy atom. The van der Waals surface area contributed by atoms with Crippen molar-refractivity contribution in [2.75, 3.05) is 14.1 Å². The number of hydrogen-bond donors (Lipinski definition) is 1. The van der Waals surface area contributed by atoms with E-state index in [2.05, 4.69) is 4.90 Å². The highest BCUT2D eigenvalue weighted by atomic mass is 35.5. The van der Waals surface area contributed by atoms with E-state index in [-0.39, 0.29) is 18.8 Å². The SMILES string of the molecule is CN(C)Cc1ccc(CC(=O)O)cc1.Cl. The smallest absolute Gasteiger partial charge is 0.307 e. The normalized spacial score (nSPS) is 9.80. The number of carbonyl (C=O) groups is 1. The molecule has 4 heteroatoms. The molecule has 0 heterocycles. The number of aliphatic carboxylic acids is 1. The molecule has 0 aliphatic rings. The van der Waals surface area contributed by atoms with Crippen LogP contribution in [0.15, 0.2) is 24.3 Å². The van der Waals surface area contributed by atoms with Gasteiger partial charge in [0.15, 0.2) is 0 Å². The molecular formula is C11H16ClNO2. The van der Waals surface area contributed by atoms with Gasteiger partial charge >= 0.3 is 5.97 Å². The zero-order chi connectivity index (χ0) is 10.6. The van der Waals surface area contributed by atoms with Gasteiger partial charge in [-0.1, -0.05) is 24.3 Å². The molecule has 1 aromatic rings. The van der Waals surface area contributed by atoms with Gasteiger partial charge in [-0.15, -0.1) is 12.4 Å². The van der Waals surface area contributed by atoms with Crippen molar-refractivity contribution in [3.8, 4) is 0 Å². The monoisotopic (exact) mass is 229 g/mol. The summed E-state index contributed by atoms with van der Waals surface area (Å²) in [5.41, 5.74) is 2.05. The van der Waals surface area contributed by atoms with Crippen LogP contribution in [-0.2, 0) is 17.8 Å². The maximum atomic E-state index is 10.4. The van der Waals surface area contributed by atoms with Crippen LogP contribution in [0.1, 0.15) is 11.1 Å². The highest BCUT2D eigenvalue weighted by Gasteiger charge is 2.00. The molecule has 0 aliphatic carbocycles. The minimum atomic E-state index is -0.787. The summed E-state index contributed by atoms with van der Waals surface area (Å²) in [6.45, 7) is 0.882. The summed E-state index contributed by atoms with van der Waals surface area (Å²) in [7, 11) is 4.01. The number of rotatable bonds is 4. The molecule has 0 bridgehead atoms. The van der Waals surface area contributed by atoms with E-state index in [0.29, 0.717) is 0 Å². The Morgan fingerprint density at radius 2 is 1.67 bits per heavy atom. The molecule has 0 unspecified atom stereocenters. The summed E-state index contributed by atoms with van der Waals surface area (Å²) in [5.74, 6) is -0.787. The Balaban J connectivity index is 0.00000196. The molecule has 1 rings (SSSR count). The maximum Gasteiger partial charge on any atom is 0.307 e. The fourth-order valence-corrected chi connectivity index (χ4v) is 1.30. The van der Waals surface area contributed by atoms with Crippen LogP contribution in [0, 0.1) is 0 Å². The predicted molar refractivity (Wildman–Crippen MR) is 62.4 cm³/mol. The van der Waals surface area contributed by atoms with Crippen molar-refractivity contribution in [2.45, 2.75) is 13.0 Å². The van der Waals surface area contributed by atoms with Gasteiger partial charge in [-0.3, -0.25) is 4.79 Å². The number of carboxylic acid groups (broad SMARTS) is 1. The van der Waals surface area contributed by atoms with Gasteiger partial charge in [-0.25, -0.2) is 0 Å². The van der Waals surface area contributed by atoms with Crippen LogP contribution in [0.2, 0.25) is 0 Å². The molecule has 0 saturated carbocycles. The third kappa shape index (κ3) is 5.40. The lowest BCUT2D eigenvalue weighted by atomic mass is 10.1. The van der Waals surface area contributed by atoms with Crippen molar-refractivity contribution in [1.82, 2.24) is 4.90 Å². The molecule has 0 atom stereocenters. The molecule has 3 nitrogen and oxygen atoms in total. The quantitative estimate of drug-likeness (QED) is 0.856. The van der Waals surface area contributed by atoms with E-state index in [1.165, 1.54) is 5.56 Å². The van der Waals surface area contributed by atoms with Crippen molar-refractivity contribution in [3.05, 3.63) is 35.4 Å². The van der Waals surface area contributed by atoms with Gasteiger partial charge in [0, 0.05) is 6.54 Å². The van der Waals surface area contributed by atoms with E-state index >= 15 is 0 Å². The summed E-state index contributed by atoms with van der Waals surface area (Å²) in [5, 5.41) is 8.57. The predicted octanol–water partition coefficient (Wildman–Crippen LogP) is 1.80. The molecule has 15 heavy (non-hydrogen) atoms. The lowest BCUT2D eigenvalue weighted by molar-refractivity contribution is -0.136. The number of carboxylic acids is 1. The molecule has 0 aromatic heterocycles. The van der Waals surface area contributed by atoms with E-state index in [4.69, 9.17) is 5.11 Å². The third-order valence-electron chi connectivity index (χ3n) is 1.88. The minimum Gasteiger partial charge on any atom is -0.481 e. The molecular weight excluding hydrogens is 214 g/mol. The lowest BCUT2D eigenvalue weighted by Gasteiger charge is -2.09. The molecule has 0 saturated heterocycles. The second-order valence-corrected chi connectivity index (χ2v) is 3.62. The van der Waals surface area contributed by atoms with E-state index in [9.17, 15) is 4.79 Å². The number of benzene rings is 1. The van der Waals surface area contributed by atoms with Crippen molar-refractivity contribution in [3.63, 3.8) is 0 Å². The summed E-state index contributed by atoms with van der Waals surface area (Å²) < 4.78 is 0. The molecule has 84 valence electrons. The van der Waals surface area contributed by atoms with Crippen LogP contribution in [0.3, 0.4) is 0 Å². The Kier molecular flexibility index (Phi) is 5.97. The first kappa shape index (κ1) is 13.9. The molecule has 0 spiro atoms. The first-order chi connectivity index (χ1) is 6.58. The number of hydrogen-bond acceptors (Lipinski definition) is 2. The van der Waals surface area contributed by atoms with Crippen LogP contribution in [0.25, 0.3) is 0 Å². The molecule has 0 amide bonds. The van der Waals surface area contributed by atoms with Gasteiger partial charge in [0.25, 0.3) is 0 Å². The summed E-state index contributed by atoms with van der Waals surface area (Å²) in [6, 6.07) is 7.68. The highest BCUT2D eigenvalue weighted by molar-refractivity contribution is 5.85. The van der Waals surface area contributed by atoms with Crippen LogP contribution < -0.4 is 0 Å². The standard InChI is InChI=1S/C11H15NO2.ClH/c1-12(2)8-10-5-3-9(4-6-10)7-11(13)14;/h3-6H,7-8H2,1-2H3,(H,13,14);1H. The summed E-state index contributed by atoms with van der Waals surface area (Å²) in [4.78, 5) is 12.5. The first-order valence-electron chi connectivity index (χ1n) is 4.52. The van der Waals surface area contributed by atoms with Gasteiger partial charge in [0.05, 0.1) is 6.42 Å². The van der Waals surface area contributed by atoms with E-state index in [1.807, 2.05) is 38.4 Å². The van der Waals surface area contributed by atoms with Crippen molar-refractivity contribution >= 4 is 18.4 Å². The fraction of sp³-hybridized carbons (Fsp3) is 0.364. The Hall–Kier alpha value is -1.06. The van der Waals surface area contributed by atoms with Crippen LogP contribution in [-0.4, -0.2) is 30.1 Å². The van der Waals surface area contributed by atoms with E-state index in [1.54, 1.807) is 0 Å². The van der Waals surface area contributed by atoms with Gasteiger partial charge in [0.2, 0.25) is 0 Å². The van der Waals surface area contributed by atoms with Gasteiger partial charge in [-0.2, -0.15) is 0 Å². The fourth-order valence-electron chi connectivity index (χ4n) is 1.30. The van der Waals surface area contributed by atoms with Crippen molar-refractivity contribution in [2.24, 2.45) is 0 Å². The summed E-state index contributed by atoms with van der Waals surface area (Å²) in [6.07, 6.45) is 0.0994. The Bertz CT molecular complexity index is 309. The molecule has 0 radical (unpaired) electrons. The van der Waals surface area contributed by atoms with Crippen LogP contribution >= 0.6 is 12.4 Å². The lowest BCUT2D eigenvalue weighted by Crippen LogP contribution is -2.10. The topological polar surface area (TPSA) is 40.5 Å². The minimum absolute atomic E-state index is 0. The largest absolute Gasteiger partial charge is 0.481 e. The summed E-state index contributed by atoms with van der Waals surface area (Å²) >= 11 is 0. The zero-order valence-electron chi connectivity index (χ0n) is 8.93. The molecule has 0 aliphatic heterocycles.